The van der Waals surface area contributed by atoms with Gasteiger partial charge in [-0.25, -0.2) is 4.39 Å². The molecule has 2 fully saturated rings. The number of carbonyl (C=O) groups excluding carboxylic acids is 1. The van der Waals surface area contributed by atoms with Crippen molar-refractivity contribution in [1.82, 2.24) is 10.3 Å². The average Bonchev–Trinajstić information content (AvgIpc) is 3.18. The number of allylic oxidation sites excluding steroid dienone is 2. The Balaban J connectivity index is 1.20. The first kappa shape index (κ1) is 22.0. The third kappa shape index (κ3) is 3.51. The maximum atomic E-state index is 13.9. The number of halogens is 1. The van der Waals surface area contributed by atoms with Gasteiger partial charge < -0.3 is 10.1 Å². The summed E-state index contributed by atoms with van der Waals surface area (Å²) in [6, 6.07) is 8.00. The molecule has 6 rings (SSSR count). The number of amides is 1. The van der Waals surface area contributed by atoms with E-state index in [9.17, 15) is 9.18 Å². The van der Waals surface area contributed by atoms with Crippen molar-refractivity contribution in [1.29, 1.82) is 0 Å². The summed E-state index contributed by atoms with van der Waals surface area (Å²) >= 11 is 0. The highest BCUT2D eigenvalue weighted by Gasteiger charge is 2.52. The Morgan fingerprint density at radius 1 is 1.21 bits per heavy atom. The summed E-state index contributed by atoms with van der Waals surface area (Å²) in [5.74, 6) is 1.50. The topological polar surface area (TPSA) is 51.2 Å². The van der Waals surface area contributed by atoms with E-state index in [0.29, 0.717) is 37.5 Å². The number of fused-ring (bicyclic) bond motifs is 5. The van der Waals surface area contributed by atoms with Crippen molar-refractivity contribution in [2.45, 2.75) is 51.9 Å². The van der Waals surface area contributed by atoms with Crippen molar-refractivity contribution in [2.24, 2.45) is 22.7 Å². The molecule has 0 bridgehead atoms. The largest absolute Gasteiger partial charge is 0.380 e. The van der Waals surface area contributed by atoms with Crippen molar-refractivity contribution in [3.63, 3.8) is 0 Å². The number of benzene rings is 1. The molecule has 0 unspecified atom stereocenters. The summed E-state index contributed by atoms with van der Waals surface area (Å²) < 4.78 is 19.2. The number of aromatic nitrogens is 1. The molecule has 2 aromatic rings. The summed E-state index contributed by atoms with van der Waals surface area (Å²) in [5.41, 5.74) is 5.93. The fourth-order valence-electron chi connectivity index (χ4n) is 7.25. The van der Waals surface area contributed by atoms with Crippen molar-refractivity contribution >= 4 is 11.5 Å². The van der Waals surface area contributed by atoms with Crippen LogP contribution in [-0.2, 0) is 11.2 Å². The SMILES string of the molecule is CC1(CNC(=O)c2ccc3c(c2)CC[C@@H]2[C@@H]3CC[C@]3(C)C(c4cncc(F)c4)=CC[C@@H]23)COC1. The van der Waals surface area contributed by atoms with E-state index in [0.717, 1.165) is 43.2 Å². The van der Waals surface area contributed by atoms with E-state index in [-0.39, 0.29) is 22.6 Å². The van der Waals surface area contributed by atoms with Crippen molar-refractivity contribution in [3.05, 3.63) is 70.8 Å². The molecule has 1 saturated carbocycles. The van der Waals surface area contributed by atoms with Gasteiger partial charge in [0.05, 0.1) is 19.4 Å². The molecule has 178 valence electrons. The van der Waals surface area contributed by atoms with Crippen LogP contribution in [0.3, 0.4) is 0 Å². The minimum Gasteiger partial charge on any atom is -0.380 e. The van der Waals surface area contributed by atoms with Gasteiger partial charge in [-0.05, 0) is 95.7 Å². The number of hydrogen-bond acceptors (Lipinski definition) is 3. The van der Waals surface area contributed by atoms with Gasteiger partial charge in [-0.3, -0.25) is 9.78 Å². The minimum absolute atomic E-state index is 0.0163. The zero-order chi connectivity index (χ0) is 23.5. The molecule has 1 aromatic heterocycles. The van der Waals surface area contributed by atoms with Gasteiger partial charge in [0.15, 0.2) is 0 Å². The first-order valence-corrected chi connectivity index (χ1v) is 12.7. The molecule has 4 atom stereocenters. The van der Waals surface area contributed by atoms with Gasteiger partial charge in [0, 0.05) is 23.7 Å². The Hall–Kier alpha value is -2.53. The lowest BCUT2D eigenvalue weighted by molar-refractivity contribution is -0.0978. The number of carbonyl (C=O) groups is 1. The number of ether oxygens (including phenoxy) is 1. The number of hydrogen-bond donors (Lipinski definition) is 1. The highest BCUT2D eigenvalue weighted by Crippen LogP contribution is 2.63. The highest BCUT2D eigenvalue weighted by molar-refractivity contribution is 5.94. The molecule has 1 amide bonds. The van der Waals surface area contributed by atoms with E-state index in [2.05, 4.69) is 42.4 Å². The summed E-state index contributed by atoms with van der Waals surface area (Å²) in [4.78, 5) is 16.9. The van der Waals surface area contributed by atoms with E-state index < -0.39 is 0 Å². The number of rotatable bonds is 4. The monoisotopic (exact) mass is 460 g/mol. The van der Waals surface area contributed by atoms with E-state index in [1.54, 1.807) is 6.07 Å². The van der Waals surface area contributed by atoms with Gasteiger partial charge in [0.1, 0.15) is 5.82 Å². The van der Waals surface area contributed by atoms with Gasteiger partial charge in [0.25, 0.3) is 5.91 Å². The molecule has 4 nitrogen and oxygen atoms in total. The van der Waals surface area contributed by atoms with Gasteiger partial charge in [-0.15, -0.1) is 0 Å². The lowest BCUT2D eigenvalue weighted by atomic mass is 9.54. The van der Waals surface area contributed by atoms with Crippen LogP contribution < -0.4 is 5.32 Å². The maximum Gasteiger partial charge on any atom is 0.251 e. The maximum absolute atomic E-state index is 13.9. The van der Waals surface area contributed by atoms with E-state index >= 15 is 0 Å². The van der Waals surface area contributed by atoms with Crippen molar-refractivity contribution < 1.29 is 13.9 Å². The highest BCUT2D eigenvalue weighted by atomic mass is 19.1. The summed E-state index contributed by atoms with van der Waals surface area (Å²) in [7, 11) is 0. The normalized spacial score (nSPS) is 30.9. The Kier molecular flexibility index (Phi) is 5.18. The third-order valence-corrected chi connectivity index (χ3v) is 9.16. The van der Waals surface area contributed by atoms with Crippen LogP contribution in [0, 0.1) is 28.5 Å². The van der Waals surface area contributed by atoms with Crippen LogP contribution in [0.2, 0.25) is 0 Å². The lowest BCUT2D eigenvalue weighted by Gasteiger charge is -2.50. The molecule has 3 aliphatic carbocycles. The first-order chi connectivity index (χ1) is 16.4. The van der Waals surface area contributed by atoms with E-state index in [1.807, 2.05) is 12.3 Å². The molecule has 4 aliphatic rings. The average molecular weight is 461 g/mol. The van der Waals surface area contributed by atoms with Crippen LogP contribution in [0.5, 0.6) is 0 Å². The zero-order valence-electron chi connectivity index (χ0n) is 20.1. The number of nitrogens with zero attached hydrogens (tertiary/aromatic N) is 1. The zero-order valence-corrected chi connectivity index (χ0v) is 20.1. The predicted molar refractivity (Wildman–Crippen MR) is 130 cm³/mol. The minimum atomic E-state index is -0.263. The van der Waals surface area contributed by atoms with Crippen LogP contribution in [0.4, 0.5) is 4.39 Å². The van der Waals surface area contributed by atoms with Crippen LogP contribution in [-0.4, -0.2) is 30.6 Å². The fraction of sp³-hybridized carbons (Fsp3) is 0.517. The first-order valence-electron chi connectivity index (χ1n) is 12.7. The summed E-state index contributed by atoms with van der Waals surface area (Å²) in [6.07, 6.45) is 10.9. The van der Waals surface area contributed by atoms with Crippen LogP contribution in [0.25, 0.3) is 5.57 Å². The molecule has 1 saturated heterocycles. The molecule has 0 radical (unpaired) electrons. The van der Waals surface area contributed by atoms with Gasteiger partial charge >= 0.3 is 0 Å². The van der Waals surface area contributed by atoms with Crippen molar-refractivity contribution in [2.75, 3.05) is 19.8 Å². The van der Waals surface area contributed by atoms with Gasteiger partial charge in [-0.1, -0.05) is 26.0 Å². The Morgan fingerprint density at radius 3 is 2.82 bits per heavy atom. The van der Waals surface area contributed by atoms with Crippen LogP contribution >= 0.6 is 0 Å². The standard InChI is InChI=1S/C29H33FN2O2/c1-28(16-34-17-28)15-32-27(33)19-4-5-22-18(11-19)3-6-24-23(22)9-10-29(2)25(7-8-26(24)29)20-12-21(30)14-31-13-20/h4-5,7,11-14,23-24,26H,3,6,8-10,15-17H2,1-2H3,(H,32,33)/t23-,24-,26+,29-/m1/s1. The van der Waals surface area contributed by atoms with Gasteiger partial charge in [-0.2, -0.15) is 0 Å². The fourth-order valence-corrected chi connectivity index (χ4v) is 7.25. The molecular formula is C29H33FN2O2. The predicted octanol–water partition coefficient (Wildman–Crippen LogP) is 5.54. The molecule has 2 heterocycles. The van der Waals surface area contributed by atoms with Crippen LogP contribution in [0.1, 0.15) is 72.5 Å². The van der Waals surface area contributed by atoms with Crippen molar-refractivity contribution in [3.8, 4) is 0 Å². The van der Waals surface area contributed by atoms with Crippen LogP contribution in [0.15, 0.2) is 42.7 Å². The Bertz CT molecular complexity index is 1170. The molecule has 1 aliphatic heterocycles. The summed E-state index contributed by atoms with van der Waals surface area (Å²) in [5, 5.41) is 3.11. The number of nitrogens with one attached hydrogen (secondary N) is 1. The molecule has 1 N–H and O–H groups in total. The van der Waals surface area contributed by atoms with Gasteiger partial charge in [0.2, 0.25) is 0 Å². The lowest BCUT2D eigenvalue weighted by Crippen LogP contribution is -2.48. The second kappa shape index (κ2) is 8.01. The third-order valence-electron chi connectivity index (χ3n) is 9.16. The number of pyridine rings is 1. The molecule has 34 heavy (non-hydrogen) atoms. The second-order valence-corrected chi connectivity index (χ2v) is 11.5. The second-order valence-electron chi connectivity index (χ2n) is 11.5. The van der Waals surface area contributed by atoms with E-state index in [1.165, 1.54) is 22.9 Å². The Morgan fingerprint density at radius 2 is 2.06 bits per heavy atom. The van der Waals surface area contributed by atoms with E-state index in [4.69, 9.17) is 4.74 Å². The quantitative estimate of drug-likeness (QED) is 0.652. The smallest absolute Gasteiger partial charge is 0.251 e. The molecule has 0 spiro atoms. The molecule has 5 heteroatoms. The molecular weight excluding hydrogens is 427 g/mol. The Labute approximate surface area is 201 Å². The number of aryl methyl sites for hydroxylation is 1. The molecule has 1 aromatic carbocycles. The summed E-state index contributed by atoms with van der Waals surface area (Å²) in [6.45, 7) is 6.62.